The molecule has 0 aromatic heterocycles. The lowest BCUT2D eigenvalue weighted by molar-refractivity contribution is -0.384. The fourth-order valence-corrected chi connectivity index (χ4v) is 2.21. The third kappa shape index (κ3) is 3.75. The molecule has 0 spiro atoms. The van der Waals surface area contributed by atoms with Crippen LogP contribution in [0.25, 0.3) is 0 Å². The van der Waals surface area contributed by atoms with Gasteiger partial charge in [-0.3, -0.25) is 19.7 Å². The SMILES string of the molecule is CC(=O)c1cccc(NC(=O)c2ccc(N(C)C)c([N+](=O)[O-])c2)c1. The number of amides is 1. The van der Waals surface area contributed by atoms with Crippen molar-refractivity contribution in [1.82, 2.24) is 0 Å². The van der Waals surface area contributed by atoms with Crippen molar-refractivity contribution in [3.05, 3.63) is 63.7 Å². The molecule has 0 atom stereocenters. The molecule has 7 nitrogen and oxygen atoms in total. The Morgan fingerprint density at radius 3 is 2.38 bits per heavy atom. The third-order valence-electron chi connectivity index (χ3n) is 3.44. The van der Waals surface area contributed by atoms with Crippen molar-refractivity contribution >= 4 is 28.8 Å². The maximum absolute atomic E-state index is 12.3. The molecule has 1 N–H and O–H groups in total. The predicted octanol–water partition coefficient (Wildman–Crippen LogP) is 3.12. The first-order chi connectivity index (χ1) is 11.3. The average Bonchev–Trinajstić information content (AvgIpc) is 2.54. The van der Waals surface area contributed by atoms with Gasteiger partial charge in [0, 0.05) is 37.0 Å². The summed E-state index contributed by atoms with van der Waals surface area (Å²) in [6.45, 7) is 1.43. The van der Waals surface area contributed by atoms with Crippen molar-refractivity contribution in [3.63, 3.8) is 0 Å². The molecular formula is C17H17N3O4. The Morgan fingerprint density at radius 1 is 1.08 bits per heavy atom. The Bertz CT molecular complexity index is 815. The van der Waals surface area contributed by atoms with E-state index in [1.54, 1.807) is 43.3 Å². The summed E-state index contributed by atoms with van der Waals surface area (Å²) in [5, 5.41) is 13.8. The number of carbonyl (C=O) groups excluding carboxylic acids is 2. The van der Waals surface area contributed by atoms with Crippen molar-refractivity contribution in [2.45, 2.75) is 6.92 Å². The lowest BCUT2D eigenvalue weighted by atomic mass is 10.1. The summed E-state index contributed by atoms with van der Waals surface area (Å²) in [5.41, 5.74) is 1.36. The Hall–Kier alpha value is -3.22. The number of hydrogen-bond acceptors (Lipinski definition) is 5. The van der Waals surface area contributed by atoms with Crippen LogP contribution in [-0.4, -0.2) is 30.7 Å². The molecule has 0 aliphatic carbocycles. The molecule has 0 unspecified atom stereocenters. The first-order valence-corrected chi connectivity index (χ1v) is 7.17. The van der Waals surface area contributed by atoms with E-state index in [0.717, 1.165) is 0 Å². The van der Waals surface area contributed by atoms with E-state index in [-0.39, 0.29) is 17.0 Å². The van der Waals surface area contributed by atoms with Crippen molar-refractivity contribution in [1.29, 1.82) is 0 Å². The monoisotopic (exact) mass is 327 g/mol. The molecule has 2 aromatic rings. The number of benzene rings is 2. The summed E-state index contributed by atoms with van der Waals surface area (Å²) in [6, 6.07) is 10.8. The van der Waals surface area contributed by atoms with Gasteiger partial charge < -0.3 is 10.2 Å². The predicted molar refractivity (Wildman–Crippen MR) is 91.8 cm³/mol. The van der Waals surface area contributed by atoms with Gasteiger partial charge in [0.2, 0.25) is 0 Å². The fourth-order valence-electron chi connectivity index (χ4n) is 2.21. The highest BCUT2D eigenvalue weighted by Gasteiger charge is 2.19. The van der Waals surface area contributed by atoms with Crippen LogP contribution in [0, 0.1) is 10.1 Å². The standard InChI is InChI=1S/C17H17N3O4/c1-11(21)12-5-4-6-14(9-12)18-17(22)13-7-8-15(19(2)3)16(10-13)20(23)24/h4-10H,1-3H3,(H,18,22). The van der Waals surface area contributed by atoms with Crippen molar-refractivity contribution < 1.29 is 14.5 Å². The molecular weight excluding hydrogens is 310 g/mol. The summed E-state index contributed by atoms with van der Waals surface area (Å²) in [4.78, 5) is 36.0. The molecule has 0 radical (unpaired) electrons. The zero-order valence-electron chi connectivity index (χ0n) is 13.6. The second kappa shape index (κ2) is 6.91. The minimum absolute atomic E-state index is 0.114. The number of nitrogens with one attached hydrogen (secondary N) is 1. The first-order valence-electron chi connectivity index (χ1n) is 7.17. The minimum Gasteiger partial charge on any atom is -0.372 e. The van der Waals surface area contributed by atoms with Gasteiger partial charge in [0.05, 0.1) is 4.92 Å². The van der Waals surface area contributed by atoms with Crippen LogP contribution in [0.3, 0.4) is 0 Å². The molecule has 124 valence electrons. The molecule has 24 heavy (non-hydrogen) atoms. The van der Waals surface area contributed by atoms with E-state index in [1.807, 2.05) is 0 Å². The molecule has 2 aromatic carbocycles. The topological polar surface area (TPSA) is 92.6 Å². The molecule has 0 heterocycles. The van der Waals surface area contributed by atoms with Gasteiger partial charge in [0.25, 0.3) is 11.6 Å². The molecule has 0 bridgehead atoms. The first kappa shape index (κ1) is 17.1. The number of nitrogens with zero attached hydrogens (tertiary/aromatic N) is 2. The summed E-state index contributed by atoms with van der Waals surface area (Å²) in [7, 11) is 3.38. The summed E-state index contributed by atoms with van der Waals surface area (Å²) in [6.07, 6.45) is 0. The Labute approximate surface area is 139 Å². The number of anilines is 2. The second-order valence-electron chi connectivity index (χ2n) is 5.45. The molecule has 0 aliphatic rings. The number of rotatable bonds is 5. The third-order valence-corrected chi connectivity index (χ3v) is 3.44. The lowest BCUT2D eigenvalue weighted by Crippen LogP contribution is -2.15. The van der Waals surface area contributed by atoms with Crippen LogP contribution in [0.15, 0.2) is 42.5 Å². The van der Waals surface area contributed by atoms with E-state index < -0.39 is 10.8 Å². The van der Waals surface area contributed by atoms with Crippen LogP contribution < -0.4 is 10.2 Å². The highest BCUT2D eigenvalue weighted by molar-refractivity contribution is 6.05. The normalized spacial score (nSPS) is 10.1. The van der Waals surface area contributed by atoms with Crippen LogP contribution in [0.2, 0.25) is 0 Å². The van der Waals surface area contributed by atoms with Crippen molar-refractivity contribution in [3.8, 4) is 0 Å². The van der Waals surface area contributed by atoms with E-state index in [4.69, 9.17) is 0 Å². The zero-order valence-corrected chi connectivity index (χ0v) is 13.6. The summed E-state index contributed by atoms with van der Waals surface area (Å²) >= 11 is 0. The van der Waals surface area contributed by atoms with Gasteiger partial charge in [0.1, 0.15) is 5.69 Å². The number of ketones is 1. The van der Waals surface area contributed by atoms with E-state index in [2.05, 4.69) is 5.32 Å². The summed E-state index contributed by atoms with van der Waals surface area (Å²) in [5.74, 6) is -0.596. The van der Waals surface area contributed by atoms with Gasteiger partial charge in [0.15, 0.2) is 5.78 Å². The number of carbonyl (C=O) groups is 2. The molecule has 0 saturated heterocycles. The van der Waals surface area contributed by atoms with Crippen LogP contribution >= 0.6 is 0 Å². The maximum atomic E-state index is 12.3. The Morgan fingerprint density at radius 2 is 1.79 bits per heavy atom. The average molecular weight is 327 g/mol. The van der Waals surface area contributed by atoms with Crippen LogP contribution in [0.5, 0.6) is 0 Å². The number of nitro groups is 1. The van der Waals surface area contributed by atoms with Gasteiger partial charge in [-0.25, -0.2) is 0 Å². The summed E-state index contributed by atoms with van der Waals surface area (Å²) < 4.78 is 0. The quantitative estimate of drug-likeness (QED) is 0.517. The number of hydrogen-bond donors (Lipinski definition) is 1. The van der Waals surface area contributed by atoms with Crippen molar-refractivity contribution in [2.75, 3.05) is 24.3 Å². The van der Waals surface area contributed by atoms with Gasteiger partial charge in [-0.1, -0.05) is 12.1 Å². The molecule has 2 rings (SSSR count). The molecule has 0 saturated carbocycles. The van der Waals surface area contributed by atoms with Crippen LogP contribution in [0.1, 0.15) is 27.6 Å². The lowest BCUT2D eigenvalue weighted by Gasteiger charge is -2.13. The number of nitro benzene ring substituents is 1. The largest absolute Gasteiger partial charge is 0.372 e. The number of Topliss-reactive ketones (excluding diaryl/α,β-unsaturated/α-hetero) is 1. The highest BCUT2D eigenvalue weighted by atomic mass is 16.6. The minimum atomic E-state index is -0.525. The van der Waals surface area contributed by atoms with E-state index in [9.17, 15) is 19.7 Å². The molecule has 1 amide bonds. The van der Waals surface area contributed by atoms with Gasteiger partial charge in [-0.15, -0.1) is 0 Å². The van der Waals surface area contributed by atoms with Crippen molar-refractivity contribution in [2.24, 2.45) is 0 Å². The van der Waals surface area contributed by atoms with Gasteiger partial charge >= 0.3 is 0 Å². The van der Waals surface area contributed by atoms with E-state index in [0.29, 0.717) is 16.9 Å². The molecule has 0 fully saturated rings. The Balaban J connectivity index is 2.30. The maximum Gasteiger partial charge on any atom is 0.293 e. The zero-order chi connectivity index (χ0) is 17.9. The van der Waals surface area contributed by atoms with Gasteiger partial charge in [-0.2, -0.15) is 0 Å². The molecule has 0 aliphatic heterocycles. The Kier molecular flexibility index (Phi) is 4.93. The smallest absolute Gasteiger partial charge is 0.293 e. The highest BCUT2D eigenvalue weighted by Crippen LogP contribution is 2.28. The van der Waals surface area contributed by atoms with E-state index >= 15 is 0 Å². The fraction of sp³-hybridized carbons (Fsp3) is 0.176. The van der Waals surface area contributed by atoms with Crippen LogP contribution in [0.4, 0.5) is 17.1 Å². The van der Waals surface area contributed by atoms with E-state index in [1.165, 1.54) is 25.1 Å². The van der Waals surface area contributed by atoms with Gasteiger partial charge in [-0.05, 0) is 31.2 Å². The molecule has 7 heteroatoms. The van der Waals surface area contributed by atoms with Crippen LogP contribution in [-0.2, 0) is 0 Å². The second-order valence-corrected chi connectivity index (χ2v) is 5.45.